The largest absolute Gasteiger partial charge is 0.381 e. The summed E-state index contributed by atoms with van der Waals surface area (Å²) in [6.07, 6.45) is 7.34. The van der Waals surface area contributed by atoms with Crippen molar-refractivity contribution in [2.45, 2.75) is 62.3 Å². The number of piperidine rings is 1. The van der Waals surface area contributed by atoms with Gasteiger partial charge in [0.1, 0.15) is 0 Å². The molecule has 2 heterocycles. The van der Waals surface area contributed by atoms with Gasteiger partial charge >= 0.3 is 0 Å². The molecule has 158 valence electrons. The van der Waals surface area contributed by atoms with Crippen LogP contribution >= 0.6 is 24.0 Å². The van der Waals surface area contributed by atoms with E-state index in [9.17, 15) is 8.42 Å². The maximum atomic E-state index is 12.4. The predicted molar refractivity (Wildman–Crippen MR) is 120 cm³/mol. The van der Waals surface area contributed by atoms with Crippen LogP contribution in [-0.2, 0) is 14.6 Å². The molecule has 1 aliphatic carbocycles. The Morgan fingerprint density at radius 3 is 2.33 bits per heavy atom. The zero-order valence-corrected chi connectivity index (χ0v) is 19.7. The first-order valence-corrected chi connectivity index (χ1v) is 11.9. The van der Waals surface area contributed by atoms with E-state index in [1.165, 1.54) is 19.1 Å². The first-order valence-electron chi connectivity index (χ1n) is 10.00. The molecule has 0 unspecified atom stereocenters. The number of rotatable bonds is 6. The lowest BCUT2D eigenvalue weighted by molar-refractivity contribution is 0.0768. The highest BCUT2D eigenvalue weighted by atomic mass is 127. The number of sulfone groups is 1. The summed E-state index contributed by atoms with van der Waals surface area (Å²) in [4.78, 5) is 7.28. The van der Waals surface area contributed by atoms with Gasteiger partial charge in [-0.3, -0.25) is 4.99 Å². The second kappa shape index (κ2) is 10.1. The Balaban J connectivity index is 0.00000261. The Kier molecular flexibility index (Phi) is 8.63. The second-order valence-corrected chi connectivity index (χ2v) is 10.4. The summed E-state index contributed by atoms with van der Waals surface area (Å²) < 4.78 is 29.4. The number of halogens is 1. The molecule has 27 heavy (non-hydrogen) atoms. The summed E-state index contributed by atoms with van der Waals surface area (Å²) in [5.41, 5.74) is 0. The van der Waals surface area contributed by atoms with Crippen molar-refractivity contribution in [2.24, 2.45) is 4.99 Å². The standard InChI is InChI=1S/C18H34N4O3S.HI/c1-3-19-17(21-15-6-10-22(11-7-15)16-4-5-16)20-14-18(26(2,23)24)8-12-25-13-9-18;/h15-16H,3-14H2,1-2H3,(H2,19,20,21);1H. The molecule has 0 spiro atoms. The van der Waals surface area contributed by atoms with Crippen molar-refractivity contribution in [1.82, 2.24) is 15.5 Å². The number of nitrogens with zero attached hydrogens (tertiary/aromatic N) is 2. The molecule has 2 saturated heterocycles. The molecule has 1 saturated carbocycles. The number of nitrogens with one attached hydrogen (secondary N) is 2. The molecule has 2 N–H and O–H groups in total. The summed E-state index contributed by atoms with van der Waals surface area (Å²) in [5.74, 6) is 0.742. The Morgan fingerprint density at radius 2 is 1.81 bits per heavy atom. The fourth-order valence-electron chi connectivity index (χ4n) is 3.97. The Labute approximate surface area is 181 Å². The maximum Gasteiger partial charge on any atom is 0.191 e. The maximum absolute atomic E-state index is 12.4. The summed E-state index contributed by atoms with van der Waals surface area (Å²) >= 11 is 0. The average Bonchev–Trinajstić information content (AvgIpc) is 3.46. The number of guanidine groups is 1. The molecular weight excluding hydrogens is 479 g/mol. The smallest absolute Gasteiger partial charge is 0.191 e. The van der Waals surface area contributed by atoms with Crippen LogP contribution in [-0.4, -0.2) is 81.8 Å². The van der Waals surface area contributed by atoms with Crippen molar-refractivity contribution in [1.29, 1.82) is 0 Å². The normalized spacial score (nSPS) is 24.9. The molecule has 0 aromatic rings. The number of aliphatic imine (C=N–C) groups is 1. The van der Waals surface area contributed by atoms with E-state index in [4.69, 9.17) is 4.74 Å². The Hall–Kier alpha value is -0.130. The van der Waals surface area contributed by atoms with Crippen LogP contribution in [0, 0.1) is 0 Å². The van der Waals surface area contributed by atoms with Crippen molar-refractivity contribution in [3.05, 3.63) is 0 Å². The Bertz CT molecular complexity index is 596. The lowest BCUT2D eigenvalue weighted by atomic mass is 9.99. The number of hydrogen-bond donors (Lipinski definition) is 2. The van der Waals surface area contributed by atoms with Crippen LogP contribution in [0.4, 0.5) is 0 Å². The molecule has 0 radical (unpaired) electrons. The molecule has 0 atom stereocenters. The van der Waals surface area contributed by atoms with E-state index in [2.05, 4.69) is 20.5 Å². The van der Waals surface area contributed by atoms with Crippen LogP contribution in [0.25, 0.3) is 0 Å². The molecule has 7 nitrogen and oxygen atoms in total. The van der Waals surface area contributed by atoms with Crippen LogP contribution in [0.2, 0.25) is 0 Å². The summed E-state index contributed by atoms with van der Waals surface area (Å²) in [6.45, 7) is 6.37. The third-order valence-electron chi connectivity index (χ3n) is 5.99. The Morgan fingerprint density at radius 1 is 1.19 bits per heavy atom. The quantitative estimate of drug-likeness (QED) is 0.317. The predicted octanol–water partition coefficient (Wildman–Crippen LogP) is 1.38. The topological polar surface area (TPSA) is 83.0 Å². The van der Waals surface area contributed by atoms with Crippen LogP contribution < -0.4 is 10.6 Å². The van der Waals surface area contributed by atoms with Crippen molar-refractivity contribution < 1.29 is 13.2 Å². The zero-order valence-electron chi connectivity index (χ0n) is 16.6. The van der Waals surface area contributed by atoms with Crippen LogP contribution in [0.15, 0.2) is 4.99 Å². The summed E-state index contributed by atoms with van der Waals surface area (Å²) in [5, 5.41) is 6.81. The van der Waals surface area contributed by atoms with Crippen molar-refractivity contribution in [2.75, 3.05) is 45.6 Å². The lowest BCUT2D eigenvalue weighted by Gasteiger charge is -2.35. The van der Waals surface area contributed by atoms with Gasteiger partial charge in [0.15, 0.2) is 15.8 Å². The molecular formula is C18H35IN4O3S. The monoisotopic (exact) mass is 514 g/mol. The van der Waals surface area contributed by atoms with Gasteiger partial charge in [0.2, 0.25) is 0 Å². The van der Waals surface area contributed by atoms with E-state index < -0.39 is 14.6 Å². The van der Waals surface area contributed by atoms with Crippen LogP contribution in [0.5, 0.6) is 0 Å². The van der Waals surface area contributed by atoms with Gasteiger partial charge in [-0.2, -0.15) is 0 Å². The minimum atomic E-state index is -3.19. The van der Waals surface area contributed by atoms with E-state index in [-0.39, 0.29) is 24.0 Å². The third-order valence-corrected chi connectivity index (χ3v) is 8.10. The first-order chi connectivity index (χ1) is 12.4. The SMILES string of the molecule is CCNC(=NCC1(S(C)(=O)=O)CCOCC1)NC1CCN(C2CC2)CC1.I. The number of hydrogen-bond acceptors (Lipinski definition) is 5. The van der Waals surface area contributed by atoms with Gasteiger partial charge in [-0.05, 0) is 45.4 Å². The van der Waals surface area contributed by atoms with Gasteiger partial charge in [0.25, 0.3) is 0 Å². The van der Waals surface area contributed by atoms with Gasteiger partial charge in [0.05, 0.1) is 11.3 Å². The molecule has 3 aliphatic rings. The third kappa shape index (κ3) is 6.17. The van der Waals surface area contributed by atoms with Crippen molar-refractivity contribution >= 4 is 39.8 Å². The van der Waals surface area contributed by atoms with Crippen molar-refractivity contribution in [3.8, 4) is 0 Å². The fraction of sp³-hybridized carbons (Fsp3) is 0.944. The minimum absolute atomic E-state index is 0. The highest BCUT2D eigenvalue weighted by Gasteiger charge is 2.42. The molecule has 0 aromatic carbocycles. The average molecular weight is 514 g/mol. The van der Waals surface area contributed by atoms with Gasteiger partial charge in [0, 0.05) is 51.2 Å². The van der Waals surface area contributed by atoms with Crippen molar-refractivity contribution in [3.63, 3.8) is 0 Å². The number of ether oxygens (including phenoxy) is 1. The number of likely N-dealkylation sites (tertiary alicyclic amines) is 1. The molecule has 2 aliphatic heterocycles. The molecule has 0 amide bonds. The molecule has 0 bridgehead atoms. The molecule has 9 heteroatoms. The van der Waals surface area contributed by atoms with Crippen LogP contribution in [0.1, 0.15) is 45.4 Å². The van der Waals surface area contributed by atoms with E-state index in [1.54, 1.807) is 0 Å². The van der Waals surface area contributed by atoms with Crippen LogP contribution in [0.3, 0.4) is 0 Å². The minimum Gasteiger partial charge on any atom is -0.381 e. The van der Waals surface area contributed by atoms with E-state index in [0.29, 0.717) is 38.6 Å². The lowest BCUT2D eigenvalue weighted by Crippen LogP contribution is -2.50. The second-order valence-electron chi connectivity index (χ2n) is 7.95. The summed E-state index contributed by atoms with van der Waals surface area (Å²) in [6, 6.07) is 1.24. The molecule has 3 rings (SSSR count). The fourth-order valence-corrected chi connectivity index (χ4v) is 5.18. The molecule has 0 aromatic heterocycles. The highest BCUT2D eigenvalue weighted by molar-refractivity contribution is 14.0. The van der Waals surface area contributed by atoms with E-state index in [1.807, 2.05) is 6.92 Å². The molecule has 3 fully saturated rings. The van der Waals surface area contributed by atoms with Gasteiger partial charge < -0.3 is 20.3 Å². The van der Waals surface area contributed by atoms with E-state index >= 15 is 0 Å². The van der Waals surface area contributed by atoms with E-state index in [0.717, 1.165) is 44.5 Å². The van der Waals surface area contributed by atoms with Gasteiger partial charge in [-0.1, -0.05) is 0 Å². The van der Waals surface area contributed by atoms with Gasteiger partial charge in [-0.15, -0.1) is 24.0 Å². The van der Waals surface area contributed by atoms with Gasteiger partial charge in [-0.25, -0.2) is 8.42 Å². The first kappa shape index (κ1) is 23.2. The highest BCUT2D eigenvalue weighted by Crippen LogP contribution is 2.30. The zero-order chi connectivity index (χ0) is 18.6. The summed E-state index contributed by atoms with van der Waals surface area (Å²) in [7, 11) is -3.19.